The summed E-state index contributed by atoms with van der Waals surface area (Å²) < 4.78 is 0. The molecule has 0 saturated heterocycles. The molecule has 1 N–H and O–H groups in total. The maximum atomic E-state index is 3.80. The zero-order valence-corrected chi connectivity index (χ0v) is 14.9. The Morgan fingerprint density at radius 3 is 2.00 bits per heavy atom. The quantitative estimate of drug-likeness (QED) is 0.379. The van der Waals surface area contributed by atoms with Crippen molar-refractivity contribution in [1.29, 1.82) is 0 Å². The molecule has 1 unspecified atom stereocenters. The van der Waals surface area contributed by atoms with E-state index in [1.807, 2.05) is 0 Å². The lowest BCUT2D eigenvalue weighted by Gasteiger charge is -2.19. The van der Waals surface area contributed by atoms with Crippen molar-refractivity contribution in [3.05, 3.63) is 35.9 Å². The third-order valence-corrected chi connectivity index (χ3v) is 4.47. The average molecular weight is 304 g/mol. The topological polar surface area (TPSA) is 12.0 Å². The third-order valence-electron chi connectivity index (χ3n) is 4.47. The second kappa shape index (κ2) is 13.8. The molecule has 1 aromatic rings. The Morgan fingerprint density at radius 2 is 1.32 bits per heavy atom. The molecule has 0 amide bonds. The summed E-state index contributed by atoms with van der Waals surface area (Å²) in [6.07, 6.45) is 15.0. The Labute approximate surface area is 138 Å². The number of unbranched alkanes of at least 4 members (excludes halogenated alkanes) is 8. The first-order chi connectivity index (χ1) is 10.9. The average Bonchev–Trinajstić information content (AvgIpc) is 2.56. The Balaban J connectivity index is 2.29. The maximum Gasteiger partial charge on any atom is 0.0320 e. The van der Waals surface area contributed by atoms with Gasteiger partial charge in [0.15, 0.2) is 0 Å². The van der Waals surface area contributed by atoms with Crippen LogP contribution in [0.2, 0.25) is 0 Å². The van der Waals surface area contributed by atoms with E-state index in [-0.39, 0.29) is 0 Å². The molecule has 1 rings (SSSR count). The lowest BCUT2D eigenvalue weighted by atomic mass is 9.99. The predicted molar refractivity (Wildman–Crippen MR) is 99.3 cm³/mol. The van der Waals surface area contributed by atoms with Crippen LogP contribution in [0.15, 0.2) is 30.3 Å². The second-order valence-corrected chi connectivity index (χ2v) is 6.53. The minimum Gasteiger partial charge on any atom is -0.310 e. The predicted octanol–water partition coefficient (Wildman–Crippen LogP) is 6.65. The highest BCUT2D eigenvalue weighted by Crippen LogP contribution is 2.20. The second-order valence-electron chi connectivity index (χ2n) is 6.53. The van der Waals surface area contributed by atoms with Crippen LogP contribution >= 0.6 is 0 Å². The molecule has 22 heavy (non-hydrogen) atoms. The van der Waals surface area contributed by atoms with Crippen LogP contribution < -0.4 is 5.32 Å². The van der Waals surface area contributed by atoms with E-state index in [0.717, 1.165) is 6.54 Å². The summed E-state index contributed by atoms with van der Waals surface area (Å²) in [6.45, 7) is 5.72. The van der Waals surface area contributed by atoms with Crippen LogP contribution in [0.5, 0.6) is 0 Å². The maximum absolute atomic E-state index is 3.80. The molecule has 1 heteroatoms. The highest BCUT2D eigenvalue weighted by atomic mass is 14.9. The highest BCUT2D eigenvalue weighted by molar-refractivity contribution is 5.18. The zero-order chi connectivity index (χ0) is 15.9. The van der Waals surface area contributed by atoms with Crippen LogP contribution in [-0.4, -0.2) is 6.54 Å². The van der Waals surface area contributed by atoms with Crippen LogP contribution in [0.3, 0.4) is 0 Å². The van der Waals surface area contributed by atoms with E-state index in [2.05, 4.69) is 49.5 Å². The van der Waals surface area contributed by atoms with E-state index in [4.69, 9.17) is 0 Å². The lowest BCUT2D eigenvalue weighted by Crippen LogP contribution is -2.22. The molecule has 1 nitrogen and oxygen atoms in total. The van der Waals surface area contributed by atoms with Crippen LogP contribution in [0.1, 0.15) is 96.1 Å². The Kier molecular flexibility index (Phi) is 12.1. The van der Waals surface area contributed by atoms with Gasteiger partial charge >= 0.3 is 0 Å². The van der Waals surface area contributed by atoms with Gasteiger partial charge in [0.05, 0.1) is 0 Å². The molecule has 1 atom stereocenters. The summed E-state index contributed by atoms with van der Waals surface area (Å²) in [4.78, 5) is 0. The smallest absolute Gasteiger partial charge is 0.0320 e. The fourth-order valence-corrected chi connectivity index (χ4v) is 3.03. The highest BCUT2D eigenvalue weighted by Gasteiger charge is 2.09. The van der Waals surface area contributed by atoms with Crippen molar-refractivity contribution in [3.8, 4) is 0 Å². The number of nitrogens with one attached hydrogen (secondary N) is 1. The largest absolute Gasteiger partial charge is 0.310 e. The number of rotatable bonds is 14. The summed E-state index contributed by atoms with van der Waals surface area (Å²) in [7, 11) is 0. The van der Waals surface area contributed by atoms with E-state index >= 15 is 0 Å². The summed E-state index contributed by atoms with van der Waals surface area (Å²) in [5, 5.41) is 3.80. The standard InChI is InChI=1S/C21H37N/c1-3-5-7-9-10-14-18-21(20-16-12-11-13-17-20)22-19-15-8-6-4-2/h11-13,16-17,21-22H,3-10,14-15,18-19H2,1-2H3. The minimum absolute atomic E-state index is 0.550. The van der Waals surface area contributed by atoms with Crippen molar-refractivity contribution in [2.75, 3.05) is 6.54 Å². The normalized spacial score (nSPS) is 12.5. The fraction of sp³-hybridized carbons (Fsp3) is 0.714. The number of hydrogen-bond acceptors (Lipinski definition) is 1. The van der Waals surface area contributed by atoms with Crippen LogP contribution in [-0.2, 0) is 0 Å². The molecular weight excluding hydrogens is 266 g/mol. The van der Waals surface area contributed by atoms with E-state index in [1.165, 1.54) is 76.2 Å². The van der Waals surface area contributed by atoms with Gasteiger partial charge in [-0.1, -0.05) is 102 Å². The van der Waals surface area contributed by atoms with E-state index in [1.54, 1.807) is 0 Å². The van der Waals surface area contributed by atoms with Crippen LogP contribution in [0.25, 0.3) is 0 Å². The summed E-state index contributed by atoms with van der Waals surface area (Å²) in [5.74, 6) is 0. The van der Waals surface area contributed by atoms with Crippen molar-refractivity contribution in [3.63, 3.8) is 0 Å². The number of hydrogen-bond donors (Lipinski definition) is 1. The van der Waals surface area contributed by atoms with Gasteiger partial charge in [-0.15, -0.1) is 0 Å². The lowest BCUT2D eigenvalue weighted by molar-refractivity contribution is 0.456. The van der Waals surface area contributed by atoms with Crippen molar-refractivity contribution in [2.45, 2.75) is 90.5 Å². The fourth-order valence-electron chi connectivity index (χ4n) is 3.03. The van der Waals surface area contributed by atoms with Crippen LogP contribution in [0, 0.1) is 0 Å². The van der Waals surface area contributed by atoms with Gasteiger partial charge in [-0.05, 0) is 24.9 Å². The zero-order valence-electron chi connectivity index (χ0n) is 14.9. The molecule has 1 aromatic carbocycles. The SMILES string of the molecule is CCCCCCCCC(NCCCCCC)c1ccccc1. The van der Waals surface area contributed by atoms with Crippen molar-refractivity contribution < 1.29 is 0 Å². The Bertz CT molecular complexity index is 333. The Morgan fingerprint density at radius 1 is 0.727 bits per heavy atom. The first kappa shape index (κ1) is 19.2. The first-order valence-corrected chi connectivity index (χ1v) is 9.66. The molecule has 0 aliphatic carbocycles. The van der Waals surface area contributed by atoms with Crippen molar-refractivity contribution in [1.82, 2.24) is 5.32 Å². The van der Waals surface area contributed by atoms with Gasteiger partial charge in [0, 0.05) is 6.04 Å². The van der Waals surface area contributed by atoms with Gasteiger partial charge in [0.2, 0.25) is 0 Å². The molecular formula is C21H37N. The number of benzene rings is 1. The van der Waals surface area contributed by atoms with Gasteiger partial charge in [-0.3, -0.25) is 0 Å². The van der Waals surface area contributed by atoms with E-state index < -0.39 is 0 Å². The molecule has 0 saturated carbocycles. The summed E-state index contributed by atoms with van der Waals surface area (Å²) in [5.41, 5.74) is 1.46. The molecule has 0 aliphatic rings. The molecule has 0 aromatic heterocycles. The van der Waals surface area contributed by atoms with Gasteiger partial charge in [-0.25, -0.2) is 0 Å². The minimum atomic E-state index is 0.550. The molecule has 0 heterocycles. The third kappa shape index (κ3) is 9.25. The van der Waals surface area contributed by atoms with Crippen molar-refractivity contribution >= 4 is 0 Å². The summed E-state index contributed by atoms with van der Waals surface area (Å²) >= 11 is 0. The molecule has 126 valence electrons. The van der Waals surface area contributed by atoms with Gasteiger partial charge < -0.3 is 5.32 Å². The molecule has 0 aliphatic heterocycles. The van der Waals surface area contributed by atoms with Crippen LogP contribution in [0.4, 0.5) is 0 Å². The van der Waals surface area contributed by atoms with E-state index in [0.29, 0.717) is 6.04 Å². The molecule has 0 bridgehead atoms. The first-order valence-electron chi connectivity index (χ1n) is 9.66. The summed E-state index contributed by atoms with van der Waals surface area (Å²) in [6, 6.07) is 11.6. The monoisotopic (exact) mass is 303 g/mol. The van der Waals surface area contributed by atoms with Gasteiger partial charge in [0.1, 0.15) is 0 Å². The van der Waals surface area contributed by atoms with E-state index in [9.17, 15) is 0 Å². The molecule has 0 spiro atoms. The van der Waals surface area contributed by atoms with Gasteiger partial charge in [0.25, 0.3) is 0 Å². The Hall–Kier alpha value is -0.820. The van der Waals surface area contributed by atoms with Gasteiger partial charge in [-0.2, -0.15) is 0 Å². The molecule has 0 fully saturated rings. The molecule has 0 radical (unpaired) electrons. The van der Waals surface area contributed by atoms with Crippen molar-refractivity contribution in [2.24, 2.45) is 0 Å².